The lowest BCUT2D eigenvalue weighted by Crippen LogP contribution is -2.15. The highest BCUT2D eigenvalue weighted by Gasteiger charge is 2.21. The topological polar surface area (TPSA) is 74.1 Å². The molecular formula is C23H15ClFN3O3. The van der Waals surface area contributed by atoms with Crippen LogP contribution in [0.1, 0.15) is 21.0 Å². The number of aromatic nitrogens is 3. The molecule has 0 aliphatic rings. The van der Waals surface area contributed by atoms with Gasteiger partial charge in [-0.1, -0.05) is 54.1 Å². The summed E-state index contributed by atoms with van der Waals surface area (Å²) in [5.41, 5.74) is 1.52. The summed E-state index contributed by atoms with van der Waals surface area (Å²) in [6, 6.07) is 20.9. The van der Waals surface area contributed by atoms with Gasteiger partial charge in [0.25, 0.3) is 5.82 Å². The monoisotopic (exact) mass is 435 g/mol. The Morgan fingerprint density at radius 1 is 0.968 bits per heavy atom. The van der Waals surface area contributed by atoms with E-state index in [2.05, 4.69) is 10.1 Å². The van der Waals surface area contributed by atoms with Gasteiger partial charge < -0.3 is 4.74 Å². The van der Waals surface area contributed by atoms with Crippen molar-refractivity contribution in [3.05, 3.63) is 101 Å². The average Bonchev–Trinajstić information content (AvgIpc) is 3.24. The Labute approximate surface area is 181 Å². The van der Waals surface area contributed by atoms with Gasteiger partial charge in [0.1, 0.15) is 5.82 Å². The second kappa shape index (κ2) is 8.89. The van der Waals surface area contributed by atoms with Crippen LogP contribution in [-0.4, -0.2) is 33.1 Å². The van der Waals surface area contributed by atoms with Gasteiger partial charge in [0.2, 0.25) is 0 Å². The van der Waals surface area contributed by atoms with Gasteiger partial charge in [-0.2, -0.15) is 0 Å². The molecule has 0 aliphatic heterocycles. The van der Waals surface area contributed by atoms with Crippen LogP contribution in [0.15, 0.2) is 78.9 Å². The number of benzene rings is 3. The maximum Gasteiger partial charge on any atom is 0.378 e. The quantitative estimate of drug-likeness (QED) is 0.322. The minimum atomic E-state index is -0.853. The highest BCUT2D eigenvalue weighted by Crippen LogP contribution is 2.24. The summed E-state index contributed by atoms with van der Waals surface area (Å²) in [5, 5.41) is 4.70. The molecular weight excluding hydrogens is 421 g/mol. The third-order valence-electron chi connectivity index (χ3n) is 4.37. The predicted molar refractivity (Wildman–Crippen MR) is 113 cm³/mol. The summed E-state index contributed by atoms with van der Waals surface area (Å²) < 4.78 is 19.9. The molecule has 4 aromatic rings. The molecule has 1 aromatic heterocycles. The van der Waals surface area contributed by atoms with Crippen LogP contribution in [0.25, 0.3) is 17.1 Å². The molecule has 6 nitrogen and oxygen atoms in total. The minimum Gasteiger partial charge on any atom is -0.451 e. The fourth-order valence-corrected chi connectivity index (χ4v) is 3.07. The number of nitrogens with zero attached hydrogens (tertiary/aromatic N) is 3. The molecule has 0 amide bonds. The van der Waals surface area contributed by atoms with Crippen molar-refractivity contribution in [1.82, 2.24) is 14.8 Å². The maximum atomic E-state index is 13.4. The summed E-state index contributed by atoms with van der Waals surface area (Å²) in [7, 11) is 0. The lowest BCUT2D eigenvalue weighted by molar-refractivity contribution is 0.0462. The van der Waals surface area contributed by atoms with E-state index in [0.717, 1.165) is 0 Å². The summed E-state index contributed by atoms with van der Waals surface area (Å²) in [5.74, 6) is -1.53. The molecule has 0 bridgehead atoms. The molecule has 0 aliphatic carbocycles. The Kier molecular flexibility index (Phi) is 5.86. The molecule has 0 radical (unpaired) electrons. The molecule has 8 heteroatoms. The van der Waals surface area contributed by atoms with Crippen molar-refractivity contribution in [2.75, 3.05) is 6.61 Å². The molecule has 0 atom stereocenters. The number of ketones is 1. The normalized spacial score (nSPS) is 10.6. The third-order valence-corrected chi connectivity index (χ3v) is 4.61. The number of esters is 1. The van der Waals surface area contributed by atoms with Crippen molar-refractivity contribution in [2.45, 2.75) is 0 Å². The van der Waals surface area contributed by atoms with Gasteiger partial charge in [-0.3, -0.25) is 4.79 Å². The lowest BCUT2D eigenvalue weighted by Gasteiger charge is -2.06. The van der Waals surface area contributed by atoms with Crippen molar-refractivity contribution in [3.8, 4) is 17.1 Å². The van der Waals surface area contributed by atoms with E-state index in [0.29, 0.717) is 27.7 Å². The summed E-state index contributed by atoms with van der Waals surface area (Å²) >= 11 is 6.09. The zero-order valence-corrected chi connectivity index (χ0v) is 16.8. The van der Waals surface area contributed by atoms with E-state index in [4.69, 9.17) is 16.3 Å². The highest BCUT2D eigenvalue weighted by atomic mass is 35.5. The molecule has 31 heavy (non-hydrogen) atoms. The number of carbonyl (C=O) groups is 2. The van der Waals surface area contributed by atoms with Crippen molar-refractivity contribution in [3.63, 3.8) is 0 Å². The molecule has 3 aromatic carbocycles. The Hall–Kier alpha value is -3.84. The second-order valence-corrected chi connectivity index (χ2v) is 6.96. The van der Waals surface area contributed by atoms with Crippen LogP contribution in [0.5, 0.6) is 0 Å². The van der Waals surface area contributed by atoms with Gasteiger partial charge in [0.15, 0.2) is 18.2 Å². The average molecular weight is 436 g/mol. The van der Waals surface area contributed by atoms with Crippen LogP contribution in [-0.2, 0) is 4.74 Å². The van der Waals surface area contributed by atoms with Crippen molar-refractivity contribution in [1.29, 1.82) is 0 Å². The maximum absolute atomic E-state index is 13.4. The van der Waals surface area contributed by atoms with Crippen LogP contribution in [0.2, 0.25) is 5.02 Å². The highest BCUT2D eigenvalue weighted by molar-refractivity contribution is 6.30. The fourth-order valence-electron chi connectivity index (χ4n) is 2.88. The molecule has 0 spiro atoms. The lowest BCUT2D eigenvalue weighted by atomic mass is 10.1. The van der Waals surface area contributed by atoms with Crippen molar-refractivity contribution < 1.29 is 18.7 Å². The zero-order valence-electron chi connectivity index (χ0n) is 16.0. The molecule has 0 saturated heterocycles. The van der Waals surface area contributed by atoms with Crippen LogP contribution in [0.3, 0.4) is 0 Å². The molecule has 0 fully saturated rings. The van der Waals surface area contributed by atoms with Crippen molar-refractivity contribution in [2.24, 2.45) is 0 Å². The molecule has 1 heterocycles. The van der Waals surface area contributed by atoms with Gasteiger partial charge in [0.05, 0.1) is 5.69 Å². The summed E-state index contributed by atoms with van der Waals surface area (Å²) in [4.78, 5) is 29.0. The van der Waals surface area contributed by atoms with E-state index >= 15 is 0 Å². The van der Waals surface area contributed by atoms with Crippen LogP contribution in [0, 0.1) is 5.82 Å². The van der Waals surface area contributed by atoms with E-state index in [1.54, 1.807) is 54.6 Å². The molecule has 0 N–H and O–H groups in total. The molecule has 4 rings (SSSR count). The van der Waals surface area contributed by atoms with Gasteiger partial charge in [0, 0.05) is 16.1 Å². The van der Waals surface area contributed by atoms with E-state index in [1.165, 1.54) is 28.9 Å². The number of Topliss-reactive ketones (excluding diaryl/α,β-unsaturated/α-hetero) is 1. The number of rotatable bonds is 6. The van der Waals surface area contributed by atoms with E-state index < -0.39 is 18.4 Å². The van der Waals surface area contributed by atoms with Gasteiger partial charge in [-0.05, 0) is 36.4 Å². The third kappa shape index (κ3) is 4.67. The number of hydrogen-bond acceptors (Lipinski definition) is 5. The largest absolute Gasteiger partial charge is 0.451 e. The Balaban J connectivity index is 1.63. The Bertz CT molecular complexity index is 1240. The SMILES string of the molecule is O=C(COC(=O)c1nc(-c2cccc(Cl)c2)n(-c2ccc(F)cc2)n1)c1ccccc1. The first-order valence-corrected chi connectivity index (χ1v) is 9.63. The van der Waals surface area contributed by atoms with Crippen LogP contribution >= 0.6 is 11.6 Å². The van der Waals surface area contributed by atoms with Gasteiger partial charge in [-0.25, -0.2) is 18.9 Å². The Morgan fingerprint density at radius 3 is 2.42 bits per heavy atom. The number of halogens is 2. The van der Waals surface area contributed by atoms with Crippen LogP contribution < -0.4 is 0 Å². The summed E-state index contributed by atoms with van der Waals surface area (Å²) in [6.07, 6.45) is 0. The second-order valence-electron chi connectivity index (χ2n) is 6.52. The van der Waals surface area contributed by atoms with Gasteiger partial charge in [-0.15, -0.1) is 5.10 Å². The van der Waals surface area contributed by atoms with Crippen LogP contribution in [0.4, 0.5) is 4.39 Å². The standard InChI is InChI=1S/C23H15ClFN3O3/c24-17-8-4-7-16(13-17)22-26-21(27-28(22)19-11-9-18(25)10-12-19)23(30)31-14-20(29)15-5-2-1-3-6-15/h1-13H,14H2. The number of hydrogen-bond donors (Lipinski definition) is 0. The van der Waals surface area contributed by atoms with E-state index in [9.17, 15) is 14.0 Å². The zero-order chi connectivity index (χ0) is 21.8. The van der Waals surface area contributed by atoms with E-state index in [1.807, 2.05) is 0 Å². The number of carbonyl (C=O) groups excluding carboxylic acids is 2. The summed E-state index contributed by atoms with van der Waals surface area (Å²) in [6.45, 7) is -0.444. The first-order valence-electron chi connectivity index (χ1n) is 9.25. The van der Waals surface area contributed by atoms with E-state index in [-0.39, 0.29) is 11.6 Å². The smallest absolute Gasteiger partial charge is 0.378 e. The predicted octanol–water partition coefficient (Wildman–Crippen LogP) is 4.77. The van der Waals surface area contributed by atoms with Gasteiger partial charge >= 0.3 is 5.97 Å². The number of ether oxygens (including phenoxy) is 1. The molecule has 154 valence electrons. The van der Waals surface area contributed by atoms with Crippen molar-refractivity contribution >= 4 is 23.4 Å². The molecule has 0 saturated carbocycles. The molecule has 0 unspecified atom stereocenters. The fraction of sp³-hybridized carbons (Fsp3) is 0.0435. The minimum absolute atomic E-state index is 0.236. The first-order chi connectivity index (χ1) is 15.0. The Morgan fingerprint density at radius 2 is 1.71 bits per heavy atom. The first kappa shape index (κ1) is 20.4.